The molecule has 2 heterocycles. The predicted molar refractivity (Wildman–Crippen MR) is 97.9 cm³/mol. The molecule has 2 aliphatic heterocycles. The van der Waals surface area contributed by atoms with E-state index in [4.69, 9.17) is 0 Å². The Balaban J connectivity index is 1.86. The molecule has 2 aromatic carbocycles. The van der Waals surface area contributed by atoms with Gasteiger partial charge in [0.15, 0.2) is 0 Å². The highest BCUT2D eigenvalue weighted by Gasteiger charge is 2.59. The highest BCUT2D eigenvalue weighted by molar-refractivity contribution is 5.91. The number of rotatable bonds is 2. The number of hydrogen-bond acceptors (Lipinski definition) is 2. The lowest BCUT2D eigenvalue weighted by Gasteiger charge is -2.40. The van der Waals surface area contributed by atoms with Gasteiger partial charge in [0.05, 0.1) is 6.54 Å². The molecule has 0 saturated carbocycles. The number of benzene rings is 2. The van der Waals surface area contributed by atoms with Gasteiger partial charge in [-0.2, -0.15) is 0 Å². The summed E-state index contributed by atoms with van der Waals surface area (Å²) in [6.45, 7) is 6.95. The van der Waals surface area contributed by atoms with Crippen LogP contribution in [0.1, 0.15) is 30.5 Å². The summed E-state index contributed by atoms with van der Waals surface area (Å²) < 4.78 is 0. The molecular formula is C21H22N2O. The van der Waals surface area contributed by atoms with Gasteiger partial charge in [0, 0.05) is 11.1 Å². The maximum absolute atomic E-state index is 12.3. The van der Waals surface area contributed by atoms with Crippen molar-refractivity contribution < 1.29 is 4.79 Å². The molecule has 122 valence electrons. The summed E-state index contributed by atoms with van der Waals surface area (Å²) in [7, 11) is 0. The van der Waals surface area contributed by atoms with Crippen LogP contribution in [0, 0.1) is 6.92 Å². The van der Waals surface area contributed by atoms with E-state index in [-0.39, 0.29) is 11.3 Å². The van der Waals surface area contributed by atoms with Gasteiger partial charge in [0.2, 0.25) is 5.91 Å². The number of anilines is 1. The molecule has 3 heteroatoms. The lowest BCUT2D eigenvalue weighted by molar-refractivity contribution is -0.118. The van der Waals surface area contributed by atoms with E-state index in [2.05, 4.69) is 73.5 Å². The fourth-order valence-corrected chi connectivity index (χ4v) is 4.07. The van der Waals surface area contributed by atoms with Crippen LogP contribution in [0.25, 0.3) is 6.08 Å². The Kier molecular flexibility index (Phi) is 3.11. The quantitative estimate of drug-likeness (QED) is 0.917. The van der Waals surface area contributed by atoms with Gasteiger partial charge >= 0.3 is 0 Å². The van der Waals surface area contributed by atoms with Crippen molar-refractivity contribution in [1.82, 2.24) is 5.32 Å². The number of hydrogen-bond donors (Lipinski definition) is 1. The molecule has 1 fully saturated rings. The number of nitrogens with one attached hydrogen (secondary N) is 1. The third-order valence-corrected chi connectivity index (χ3v) is 5.44. The van der Waals surface area contributed by atoms with Crippen molar-refractivity contribution in [3.05, 3.63) is 71.3 Å². The first-order valence-electron chi connectivity index (χ1n) is 8.38. The van der Waals surface area contributed by atoms with Gasteiger partial charge in [-0.25, -0.2) is 0 Å². The molecule has 2 aliphatic rings. The minimum atomic E-state index is -0.518. The average molecular weight is 318 g/mol. The van der Waals surface area contributed by atoms with E-state index in [0.29, 0.717) is 6.54 Å². The van der Waals surface area contributed by atoms with Crippen LogP contribution in [-0.4, -0.2) is 18.1 Å². The second-order valence-electron chi connectivity index (χ2n) is 7.29. The number of amides is 1. The SMILES string of the molecule is Cc1ccc2c(c1)C(C)(C)[C@@]1(/C=C/c3ccccc3)NC(=O)CN21. The van der Waals surface area contributed by atoms with Crippen LogP contribution in [0.15, 0.2) is 54.6 Å². The predicted octanol–water partition coefficient (Wildman–Crippen LogP) is 3.63. The topological polar surface area (TPSA) is 32.3 Å². The van der Waals surface area contributed by atoms with Crippen LogP contribution in [0.2, 0.25) is 0 Å². The zero-order chi connectivity index (χ0) is 16.9. The number of aryl methyl sites for hydroxylation is 1. The van der Waals surface area contributed by atoms with Crippen molar-refractivity contribution in [1.29, 1.82) is 0 Å². The standard InChI is InChI=1S/C21H22N2O/c1-15-9-10-18-17(13-15)20(2,3)21(22-19(24)14-23(18)21)12-11-16-7-5-4-6-8-16/h4-13H,14H2,1-3H3,(H,22,24)/b12-11+/t21-/m0/s1. The highest BCUT2D eigenvalue weighted by atomic mass is 16.2. The summed E-state index contributed by atoms with van der Waals surface area (Å²) in [6, 6.07) is 16.7. The lowest BCUT2D eigenvalue weighted by Crippen LogP contribution is -2.58. The van der Waals surface area contributed by atoms with E-state index in [1.165, 1.54) is 11.1 Å². The molecule has 0 aromatic heterocycles. The van der Waals surface area contributed by atoms with Gasteiger partial charge in [-0.3, -0.25) is 4.79 Å². The molecule has 0 bridgehead atoms. The Hall–Kier alpha value is -2.55. The van der Waals surface area contributed by atoms with Crippen molar-refractivity contribution in [2.75, 3.05) is 11.4 Å². The summed E-state index contributed by atoms with van der Waals surface area (Å²) in [5.41, 5.74) is 4.09. The van der Waals surface area contributed by atoms with Gasteiger partial charge in [0.1, 0.15) is 5.66 Å². The van der Waals surface area contributed by atoms with Gasteiger partial charge in [-0.05, 0) is 30.2 Å². The molecule has 4 rings (SSSR count). The number of fused-ring (bicyclic) bond motifs is 3. The summed E-state index contributed by atoms with van der Waals surface area (Å²) in [5.74, 6) is 0.0759. The van der Waals surface area contributed by atoms with E-state index >= 15 is 0 Å². The zero-order valence-corrected chi connectivity index (χ0v) is 14.3. The first-order chi connectivity index (χ1) is 11.4. The van der Waals surface area contributed by atoms with Crippen LogP contribution in [0.4, 0.5) is 5.69 Å². The third kappa shape index (κ3) is 1.94. The van der Waals surface area contributed by atoms with E-state index in [1.807, 2.05) is 18.2 Å². The second kappa shape index (κ2) is 4.97. The number of carbonyl (C=O) groups excluding carboxylic acids is 1. The van der Waals surface area contributed by atoms with Crippen molar-refractivity contribution in [3.8, 4) is 0 Å². The molecule has 1 saturated heterocycles. The Morgan fingerprint density at radius 2 is 1.88 bits per heavy atom. The maximum Gasteiger partial charge on any atom is 0.241 e. The monoisotopic (exact) mass is 318 g/mol. The first-order valence-corrected chi connectivity index (χ1v) is 8.38. The van der Waals surface area contributed by atoms with Gasteiger partial charge in [-0.1, -0.05) is 68.0 Å². The third-order valence-electron chi connectivity index (χ3n) is 5.44. The Bertz CT molecular complexity index is 838. The van der Waals surface area contributed by atoms with E-state index in [9.17, 15) is 4.79 Å². The van der Waals surface area contributed by atoms with Gasteiger partial charge < -0.3 is 10.2 Å². The van der Waals surface area contributed by atoms with Crippen LogP contribution < -0.4 is 10.2 Å². The molecule has 2 aromatic rings. The molecule has 1 amide bonds. The van der Waals surface area contributed by atoms with Crippen molar-refractivity contribution >= 4 is 17.7 Å². The molecule has 1 N–H and O–H groups in total. The van der Waals surface area contributed by atoms with Crippen LogP contribution in [-0.2, 0) is 10.2 Å². The largest absolute Gasteiger partial charge is 0.335 e. The molecule has 3 nitrogen and oxygen atoms in total. The number of nitrogens with zero attached hydrogens (tertiary/aromatic N) is 1. The summed E-state index contributed by atoms with van der Waals surface area (Å²) in [6.07, 6.45) is 4.27. The minimum absolute atomic E-state index is 0.0759. The normalized spacial score (nSPS) is 24.1. The smallest absolute Gasteiger partial charge is 0.241 e. The van der Waals surface area contributed by atoms with Crippen LogP contribution >= 0.6 is 0 Å². The van der Waals surface area contributed by atoms with Crippen LogP contribution in [0.5, 0.6) is 0 Å². The Morgan fingerprint density at radius 1 is 1.12 bits per heavy atom. The minimum Gasteiger partial charge on any atom is -0.335 e. The fourth-order valence-electron chi connectivity index (χ4n) is 4.07. The first kappa shape index (κ1) is 15.0. The van der Waals surface area contributed by atoms with Gasteiger partial charge in [0.25, 0.3) is 0 Å². The van der Waals surface area contributed by atoms with Crippen LogP contribution in [0.3, 0.4) is 0 Å². The average Bonchev–Trinajstić information content (AvgIpc) is 2.98. The lowest BCUT2D eigenvalue weighted by atomic mass is 9.75. The molecule has 0 spiro atoms. The summed E-state index contributed by atoms with van der Waals surface area (Å²) in [4.78, 5) is 14.5. The maximum atomic E-state index is 12.3. The molecule has 0 radical (unpaired) electrons. The summed E-state index contributed by atoms with van der Waals surface area (Å²) >= 11 is 0. The van der Waals surface area contributed by atoms with E-state index < -0.39 is 5.66 Å². The Labute approximate surface area is 143 Å². The molecule has 24 heavy (non-hydrogen) atoms. The molecular weight excluding hydrogens is 296 g/mol. The number of carbonyl (C=O) groups is 1. The summed E-state index contributed by atoms with van der Waals surface area (Å²) in [5, 5.41) is 3.26. The zero-order valence-electron chi connectivity index (χ0n) is 14.3. The van der Waals surface area contributed by atoms with Gasteiger partial charge in [-0.15, -0.1) is 0 Å². The second-order valence-corrected chi connectivity index (χ2v) is 7.29. The molecule has 0 unspecified atom stereocenters. The van der Waals surface area contributed by atoms with Crippen molar-refractivity contribution in [3.63, 3.8) is 0 Å². The molecule has 0 aliphatic carbocycles. The highest BCUT2D eigenvalue weighted by Crippen LogP contribution is 2.53. The van der Waals surface area contributed by atoms with E-state index in [0.717, 1.165) is 11.3 Å². The van der Waals surface area contributed by atoms with Crippen molar-refractivity contribution in [2.24, 2.45) is 0 Å². The molecule has 1 atom stereocenters. The van der Waals surface area contributed by atoms with Crippen molar-refractivity contribution in [2.45, 2.75) is 31.8 Å². The fraction of sp³-hybridized carbons (Fsp3) is 0.286. The Morgan fingerprint density at radius 3 is 2.62 bits per heavy atom. The van der Waals surface area contributed by atoms with E-state index in [1.54, 1.807) is 0 Å².